The molecule has 43 heavy (non-hydrogen) atoms. The van der Waals surface area contributed by atoms with Crippen LogP contribution >= 0.6 is 15.9 Å². The van der Waals surface area contributed by atoms with Crippen LogP contribution in [0.3, 0.4) is 0 Å². The molecule has 1 aromatic carbocycles. The fraction of sp³-hybridized carbons (Fsp3) is 0.562. The van der Waals surface area contributed by atoms with E-state index in [0.29, 0.717) is 29.6 Å². The van der Waals surface area contributed by atoms with Gasteiger partial charge in [0.1, 0.15) is 29.8 Å². The Hall–Kier alpha value is -3.02. The lowest BCUT2D eigenvalue weighted by molar-refractivity contribution is -0.162. The third-order valence-electron chi connectivity index (χ3n) is 8.95. The van der Waals surface area contributed by atoms with Crippen LogP contribution in [0.5, 0.6) is 0 Å². The Labute approximate surface area is 260 Å². The number of hydrogen-bond donors (Lipinski definition) is 2. The van der Waals surface area contributed by atoms with E-state index in [1.54, 1.807) is 24.8 Å². The van der Waals surface area contributed by atoms with Gasteiger partial charge in [-0.3, -0.25) is 19.2 Å². The van der Waals surface area contributed by atoms with E-state index in [9.17, 15) is 24.3 Å². The minimum absolute atomic E-state index is 0.187. The standard InChI is InChI=1S/C32H40BrN3O7/c1-4-5-15-35-16-11-7-10-14-23(38)34-20(3)26(21-12-8-6-9-13-21)42-31(41)24-25-29(39)36(19(2)18-37)28(30(35)40)32(25)17-22(33)27(24)43-32/h6-9,11-13,17,19-20,24-28,37H,4-5,10,14-16,18H2,1-3H3,(H,34,38)/b11-7-/t19-,20+,24-,25+,26-,27-,28-,32+/m1/s1. The Morgan fingerprint density at radius 2 is 1.86 bits per heavy atom. The Kier molecular flexibility index (Phi) is 9.43. The third-order valence-corrected chi connectivity index (χ3v) is 9.63. The number of rotatable bonds is 6. The Balaban J connectivity index is 1.61. The SMILES string of the molecule is CCCCN1C/C=C\CCC(=O)N[C@@H](C)[C@H](c2ccccc2)OC(=O)[C@H]2[C@@H]3O[C@@]4(C=C3Br)[C@@H]2C(=O)N([C@H](C)CO)[C@@H]4C1=O. The maximum absolute atomic E-state index is 14.4. The Morgan fingerprint density at radius 1 is 1.12 bits per heavy atom. The number of benzene rings is 1. The summed E-state index contributed by atoms with van der Waals surface area (Å²) >= 11 is 3.56. The van der Waals surface area contributed by atoms with Crippen LogP contribution in [0.15, 0.2) is 53.0 Å². The van der Waals surface area contributed by atoms with Crippen molar-refractivity contribution < 1.29 is 33.8 Å². The molecule has 11 heteroatoms. The topological polar surface area (TPSA) is 125 Å². The quantitative estimate of drug-likeness (QED) is 0.356. The van der Waals surface area contributed by atoms with Crippen LogP contribution in [0.2, 0.25) is 0 Å². The van der Waals surface area contributed by atoms with Gasteiger partial charge in [-0.1, -0.05) is 71.8 Å². The average molecular weight is 659 g/mol. The third kappa shape index (κ3) is 5.67. The van der Waals surface area contributed by atoms with Crippen molar-refractivity contribution in [2.75, 3.05) is 19.7 Å². The second-order valence-electron chi connectivity index (χ2n) is 11.9. The zero-order valence-electron chi connectivity index (χ0n) is 24.8. The summed E-state index contributed by atoms with van der Waals surface area (Å²) in [5.74, 6) is -3.62. The number of ether oxygens (including phenoxy) is 2. The molecule has 0 aromatic heterocycles. The van der Waals surface area contributed by atoms with Crippen LogP contribution in [-0.2, 0) is 28.7 Å². The lowest BCUT2D eigenvalue weighted by Crippen LogP contribution is -2.58. The van der Waals surface area contributed by atoms with Crippen molar-refractivity contribution in [1.29, 1.82) is 0 Å². The molecule has 0 unspecified atom stereocenters. The summed E-state index contributed by atoms with van der Waals surface area (Å²) in [5.41, 5.74) is -0.711. The first-order valence-corrected chi connectivity index (χ1v) is 15.9. The normalized spacial score (nSPS) is 34.5. The summed E-state index contributed by atoms with van der Waals surface area (Å²) in [4.78, 5) is 58.8. The second-order valence-corrected chi connectivity index (χ2v) is 12.8. The summed E-state index contributed by atoms with van der Waals surface area (Å²) in [5, 5.41) is 13.1. The smallest absolute Gasteiger partial charge is 0.313 e. The van der Waals surface area contributed by atoms with Crippen LogP contribution < -0.4 is 5.32 Å². The fourth-order valence-electron chi connectivity index (χ4n) is 6.82. The largest absolute Gasteiger partial charge is 0.455 e. The monoisotopic (exact) mass is 657 g/mol. The van der Waals surface area contributed by atoms with E-state index >= 15 is 0 Å². The van der Waals surface area contributed by atoms with Crippen molar-refractivity contribution >= 4 is 39.6 Å². The molecule has 8 atom stereocenters. The van der Waals surface area contributed by atoms with Gasteiger partial charge in [0.25, 0.3) is 0 Å². The molecule has 232 valence electrons. The van der Waals surface area contributed by atoms with E-state index in [-0.39, 0.29) is 24.8 Å². The first kappa shape index (κ1) is 31.4. The lowest BCUT2D eigenvalue weighted by atomic mass is 9.74. The molecule has 1 aromatic rings. The molecular formula is C32H40BrN3O7. The highest BCUT2D eigenvalue weighted by molar-refractivity contribution is 9.11. The molecule has 5 bridgehead atoms. The van der Waals surface area contributed by atoms with Crippen molar-refractivity contribution in [1.82, 2.24) is 15.1 Å². The molecular weight excluding hydrogens is 618 g/mol. The van der Waals surface area contributed by atoms with Gasteiger partial charge in [0, 0.05) is 24.0 Å². The number of carbonyl (C=O) groups is 4. The number of halogens is 1. The van der Waals surface area contributed by atoms with Crippen LogP contribution in [-0.4, -0.2) is 88.1 Å². The number of allylic oxidation sites excluding steroid dienone is 1. The molecule has 5 rings (SSSR count). The average Bonchev–Trinajstić information content (AvgIpc) is 3.59. The summed E-state index contributed by atoms with van der Waals surface area (Å²) in [7, 11) is 0. The molecule has 0 saturated carbocycles. The van der Waals surface area contributed by atoms with Crippen LogP contribution in [0.4, 0.5) is 0 Å². The number of hydrogen-bond acceptors (Lipinski definition) is 7. The zero-order chi connectivity index (χ0) is 30.9. The minimum Gasteiger partial charge on any atom is -0.455 e. The highest BCUT2D eigenvalue weighted by Crippen LogP contribution is 2.59. The van der Waals surface area contributed by atoms with E-state index in [4.69, 9.17) is 9.47 Å². The molecule has 2 saturated heterocycles. The van der Waals surface area contributed by atoms with Gasteiger partial charge in [0.15, 0.2) is 0 Å². The number of nitrogens with one attached hydrogen (secondary N) is 1. The molecule has 2 N–H and O–H groups in total. The van der Waals surface area contributed by atoms with E-state index in [0.717, 1.165) is 12.8 Å². The van der Waals surface area contributed by atoms with Crippen LogP contribution in [0.1, 0.15) is 58.1 Å². The second kappa shape index (κ2) is 12.9. The summed E-state index contributed by atoms with van der Waals surface area (Å²) < 4.78 is 13.3. The Morgan fingerprint density at radius 3 is 2.56 bits per heavy atom. The van der Waals surface area contributed by atoms with Gasteiger partial charge in [-0.05, 0) is 38.3 Å². The molecule has 4 aliphatic heterocycles. The van der Waals surface area contributed by atoms with Crippen LogP contribution in [0.25, 0.3) is 0 Å². The molecule has 1 spiro atoms. The minimum atomic E-state index is -1.41. The van der Waals surface area contributed by atoms with Crippen molar-refractivity contribution in [3.8, 4) is 0 Å². The number of likely N-dealkylation sites (tertiary alicyclic amines) is 1. The van der Waals surface area contributed by atoms with Crippen molar-refractivity contribution in [2.45, 2.75) is 82.4 Å². The molecule has 4 heterocycles. The van der Waals surface area contributed by atoms with Crippen molar-refractivity contribution in [3.05, 3.63) is 58.6 Å². The number of aliphatic hydroxyl groups is 1. The van der Waals surface area contributed by atoms with Gasteiger partial charge in [-0.25, -0.2) is 0 Å². The number of unbranched alkanes of at least 4 members (excludes halogenated alkanes) is 1. The van der Waals surface area contributed by atoms with Gasteiger partial charge in [-0.2, -0.15) is 0 Å². The summed E-state index contributed by atoms with van der Waals surface area (Å²) in [6, 6.07) is 6.84. The van der Waals surface area contributed by atoms with Gasteiger partial charge < -0.3 is 29.7 Å². The van der Waals surface area contributed by atoms with Crippen LogP contribution in [0, 0.1) is 11.8 Å². The first-order chi connectivity index (χ1) is 20.6. The number of nitrogens with zero attached hydrogens (tertiary/aromatic N) is 2. The number of amides is 3. The number of aliphatic hydroxyl groups excluding tert-OH is 1. The first-order valence-electron chi connectivity index (χ1n) is 15.1. The number of cyclic esters (lactones) is 1. The number of esters is 1. The maximum atomic E-state index is 14.4. The Bertz CT molecular complexity index is 1300. The van der Waals surface area contributed by atoms with E-state index < -0.39 is 59.6 Å². The lowest BCUT2D eigenvalue weighted by Gasteiger charge is -2.37. The van der Waals surface area contributed by atoms with Gasteiger partial charge >= 0.3 is 5.97 Å². The van der Waals surface area contributed by atoms with E-state index in [1.165, 1.54) is 4.90 Å². The van der Waals surface area contributed by atoms with Gasteiger partial charge in [0.05, 0.1) is 24.6 Å². The molecule has 2 fully saturated rings. The molecule has 0 radical (unpaired) electrons. The molecule has 10 nitrogen and oxygen atoms in total. The highest BCUT2D eigenvalue weighted by Gasteiger charge is 2.75. The predicted octanol–water partition coefficient (Wildman–Crippen LogP) is 3.01. The van der Waals surface area contributed by atoms with Crippen molar-refractivity contribution in [2.24, 2.45) is 11.8 Å². The number of carbonyl (C=O) groups excluding carboxylic acids is 4. The zero-order valence-corrected chi connectivity index (χ0v) is 26.4. The molecule has 0 aliphatic carbocycles. The van der Waals surface area contributed by atoms with Gasteiger partial charge in [-0.15, -0.1) is 0 Å². The van der Waals surface area contributed by atoms with E-state index in [2.05, 4.69) is 21.2 Å². The molecule has 4 aliphatic rings. The maximum Gasteiger partial charge on any atom is 0.313 e. The summed E-state index contributed by atoms with van der Waals surface area (Å²) in [6.07, 6.45) is 6.19. The van der Waals surface area contributed by atoms with Crippen molar-refractivity contribution in [3.63, 3.8) is 0 Å². The number of fused-ring (bicyclic) bond motifs is 2. The van der Waals surface area contributed by atoms with E-state index in [1.807, 2.05) is 49.4 Å². The summed E-state index contributed by atoms with van der Waals surface area (Å²) in [6.45, 7) is 5.90. The fourth-order valence-corrected chi connectivity index (χ4v) is 7.56. The predicted molar refractivity (Wildman–Crippen MR) is 162 cm³/mol. The highest BCUT2D eigenvalue weighted by atomic mass is 79.9. The van der Waals surface area contributed by atoms with Gasteiger partial charge in [0.2, 0.25) is 17.7 Å². The molecule has 3 amide bonds.